The molecule has 1 aliphatic rings. The lowest BCUT2D eigenvalue weighted by Crippen LogP contribution is -2.49. The van der Waals surface area contributed by atoms with Crippen LogP contribution < -0.4 is 21.5 Å². The van der Waals surface area contributed by atoms with Gasteiger partial charge in [-0.25, -0.2) is 4.39 Å². The van der Waals surface area contributed by atoms with Gasteiger partial charge in [0.15, 0.2) is 0 Å². The van der Waals surface area contributed by atoms with Crippen LogP contribution in [-0.2, 0) is 16.8 Å². The average Bonchev–Trinajstić information content (AvgIpc) is 3.04. The first-order valence-corrected chi connectivity index (χ1v) is 9.49. The van der Waals surface area contributed by atoms with Crippen molar-refractivity contribution in [2.45, 2.75) is 18.4 Å². The number of rotatable bonds is 3. The Hall–Kier alpha value is -3.36. The molecule has 7 nitrogen and oxygen atoms in total. The topological polar surface area (TPSA) is 125 Å². The van der Waals surface area contributed by atoms with E-state index in [1.165, 1.54) is 12.3 Å². The highest BCUT2D eigenvalue weighted by atomic mass is 35.5. The fourth-order valence-corrected chi connectivity index (χ4v) is 3.91. The van der Waals surface area contributed by atoms with E-state index in [-0.39, 0.29) is 23.5 Å². The minimum atomic E-state index is -2.00. The Morgan fingerprint density at radius 2 is 1.93 bits per heavy atom. The second kappa shape index (κ2) is 7.16. The highest BCUT2D eigenvalue weighted by molar-refractivity contribution is 6.31. The summed E-state index contributed by atoms with van der Waals surface area (Å²) < 4.78 is 14.0. The predicted octanol–water partition coefficient (Wildman–Crippen LogP) is 2.61. The van der Waals surface area contributed by atoms with Crippen LogP contribution >= 0.6 is 11.6 Å². The molecule has 1 unspecified atom stereocenters. The Balaban J connectivity index is 1.71. The maximum absolute atomic E-state index is 13.2. The number of benzene rings is 2. The van der Waals surface area contributed by atoms with Gasteiger partial charge in [0.2, 0.25) is 11.8 Å². The number of halogens is 2. The van der Waals surface area contributed by atoms with Crippen molar-refractivity contribution in [1.82, 2.24) is 0 Å². The van der Waals surface area contributed by atoms with E-state index in [1.54, 1.807) is 24.3 Å². The van der Waals surface area contributed by atoms with Crippen LogP contribution in [0.15, 0.2) is 48.7 Å². The van der Waals surface area contributed by atoms with Gasteiger partial charge >= 0.3 is 0 Å². The zero-order valence-corrected chi connectivity index (χ0v) is 16.4. The fourth-order valence-electron chi connectivity index (χ4n) is 3.74. The standard InChI is InChI=1S/C21H18ClFN4O3/c22-13-1-3-16(24)15(8-13)12-7-11-5-6-21(29,19(11)27(30)10-12)20(28)26-18-4-2-14(23)9-17(18)25/h1-4,7-10,29H,5-6,24-25H2,(H-,26,28,30)/p+1. The van der Waals surface area contributed by atoms with Gasteiger partial charge in [-0.05, 0) is 48.9 Å². The number of aromatic nitrogens is 1. The fraction of sp³-hybridized carbons (Fsp3) is 0.143. The number of nitrogens with two attached hydrogens (primary N) is 2. The molecule has 1 heterocycles. The zero-order chi connectivity index (χ0) is 21.6. The van der Waals surface area contributed by atoms with Gasteiger partial charge in [0, 0.05) is 33.0 Å². The molecule has 0 fully saturated rings. The van der Waals surface area contributed by atoms with Crippen molar-refractivity contribution in [1.29, 1.82) is 0 Å². The quantitative estimate of drug-likeness (QED) is 0.248. The number of hydrogen-bond donors (Lipinski definition) is 5. The normalized spacial score (nSPS) is 17.6. The molecule has 4 rings (SSSR count). The van der Waals surface area contributed by atoms with Crippen LogP contribution in [0, 0.1) is 5.82 Å². The summed E-state index contributed by atoms with van der Waals surface area (Å²) in [6, 6.07) is 10.3. The van der Waals surface area contributed by atoms with Crippen LogP contribution in [0.5, 0.6) is 0 Å². The summed E-state index contributed by atoms with van der Waals surface area (Å²) in [5, 5.41) is 24.7. The number of anilines is 3. The first-order valence-electron chi connectivity index (χ1n) is 9.11. The van der Waals surface area contributed by atoms with Gasteiger partial charge in [0.1, 0.15) is 5.82 Å². The summed E-state index contributed by atoms with van der Waals surface area (Å²) >= 11 is 6.06. The number of amides is 1. The van der Waals surface area contributed by atoms with Gasteiger partial charge in [-0.2, -0.15) is 0 Å². The number of fused-ring (bicyclic) bond motifs is 1. The van der Waals surface area contributed by atoms with Gasteiger partial charge in [0.25, 0.3) is 11.6 Å². The number of aryl methyl sites for hydroxylation is 1. The summed E-state index contributed by atoms with van der Waals surface area (Å²) in [6.07, 6.45) is 1.74. The van der Waals surface area contributed by atoms with E-state index in [2.05, 4.69) is 5.32 Å². The minimum absolute atomic E-state index is 0.0221. The summed E-state index contributed by atoms with van der Waals surface area (Å²) in [6.45, 7) is 0. The summed E-state index contributed by atoms with van der Waals surface area (Å²) in [5.74, 6) is -1.33. The highest BCUT2D eigenvalue weighted by Crippen LogP contribution is 2.38. The van der Waals surface area contributed by atoms with Crippen molar-refractivity contribution in [2.75, 3.05) is 16.8 Å². The number of carbonyl (C=O) groups is 1. The number of nitrogens with zero attached hydrogens (tertiary/aromatic N) is 1. The molecule has 154 valence electrons. The van der Waals surface area contributed by atoms with Crippen LogP contribution in [0.25, 0.3) is 11.1 Å². The molecule has 1 aromatic heterocycles. The second-order valence-electron chi connectivity index (χ2n) is 7.22. The highest BCUT2D eigenvalue weighted by Gasteiger charge is 2.52. The molecule has 0 aliphatic heterocycles. The molecule has 0 radical (unpaired) electrons. The van der Waals surface area contributed by atoms with Crippen molar-refractivity contribution in [3.8, 4) is 11.1 Å². The third-order valence-electron chi connectivity index (χ3n) is 5.24. The Labute approximate surface area is 176 Å². The molecule has 0 bridgehead atoms. The van der Waals surface area contributed by atoms with Crippen LogP contribution in [-0.4, -0.2) is 16.2 Å². The summed E-state index contributed by atoms with van der Waals surface area (Å²) in [5.41, 5.74) is 12.3. The molecule has 0 saturated carbocycles. The van der Waals surface area contributed by atoms with Crippen LogP contribution in [0.4, 0.5) is 21.5 Å². The summed E-state index contributed by atoms with van der Waals surface area (Å²) in [4.78, 5) is 12.9. The lowest BCUT2D eigenvalue weighted by atomic mass is 9.98. The molecule has 30 heavy (non-hydrogen) atoms. The van der Waals surface area contributed by atoms with Gasteiger partial charge in [-0.3, -0.25) is 10.0 Å². The minimum Gasteiger partial charge on any atom is -0.398 e. The molecule has 9 heteroatoms. The molecular weight excluding hydrogens is 411 g/mol. The van der Waals surface area contributed by atoms with Crippen molar-refractivity contribution in [3.05, 3.63) is 70.8 Å². The van der Waals surface area contributed by atoms with E-state index in [9.17, 15) is 19.5 Å². The van der Waals surface area contributed by atoms with E-state index in [1.807, 2.05) is 0 Å². The Morgan fingerprint density at radius 3 is 2.67 bits per heavy atom. The molecule has 1 atom stereocenters. The molecule has 0 saturated heterocycles. The van der Waals surface area contributed by atoms with Crippen LogP contribution in [0.2, 0.25) is 5.02 Å². The van der Waals surface area contributed by atoms with E-state index in [4.69, 9.17) is 23.1 Å². The lowest BCUT2D eigenvalue weighted by Gasteiger charge is -2.20. The smallest absolute Gasteiger partial charge is 0.278 e. The molecule has 2 aromatic carbocycles. The number of pyridine rings is 1. The SMILES string of the molecule is Nc1cc(F)ccc1NC(=O)C1(O)CCc2cc(-c3cc(Cl)ccc3N)c[n+](O)c21. The zero-order valence-electron chi connectivity index (χ0n) is 15.7. The molecule has 7 N–H and O–H groups in total. The predicted molar refractivity (Wildman–Crippen MR) is 110 cm³/mol. The molecule has 0 spiro atoms. The van der Waals surface area contributed by atoms with Gasteiger partial charge in [-0.1, -0.05) is 11.6 Å². The third-order valence-corrected chi connectivity index (χ3v) is 5.47. The van der Waals surface area contributed by atoms with Gasteiger partial charge in [0.05, 0.1) is 16.9 Å². The van der Waals surface area contributed by atoms with E-state index >= 15 is 0 Å². The monoisotopic (exact) mass is 429 g/mol. The largest absolute Gasteiger partial charge is 0.398 e. The number of nitrogen functional groups attached to an aromatic ring is 2. The molecular formula is C21H19ClFN4O3+. The Bertz CT molecular complexity index is 1190. The van der Waals surface area contributed by atoms with Gasteiger partial charge < -0.3 is 21.9 Å². The van der Waals surface area contributed by atoms with Crippen molar-refractivity contribution in [2.24, 2.45) is 0 Å². The Morgan fingerprint density at radius 1 is 1.17 bits per heavy atom. The van der Waals surface area contributed by atoms with E-state index < -0.39 is 17.3 Å². The maximum atomic E-state index is 13.2. The van der Waals surface area contributed by atoms with Crippen LogP contribution in [0.3, 0.4) is 0 Å². The Kier molecular flexibility index (Phi) is 4.76. The van der Waals surface area contributed by atoms with Gasteiger partial charge in [-0.15, -0.1) is 0 Å². The molecule has 3 aromatic rings. The number of carbonyl (C=O) groups excluding carboxylic acids is 1. The lowest BCUT2D eigenvalue weighted by molar-refractivity contribution is -0.911. The molecule has 1 amide bonds. The first kappa shape index (κ1) is 19.9. The van der Waals surface area contributed by atoms with Crippen molar-refractivity contribution < 1.29 is 24.2 Å². The van der Waals surface area contributed by atoms with E-state index in [0.717, 1.165) is 16.9 Å². The third kappa shape index (κ3) is 3.30. The van der Waals surface area contributed by atoms with Crippen LogP contribution in [0.1, 0.15) is 17.7 Å². The summed E-state index contributed by atoms with van der Waals surface area (Å²) in [7, 11) is 0. The maximum Gasteiger partial charge on any atom is 0.278 e. The van der Waals surface area contributed by atoms with Crippen molar-refractivity contribution in [3.63, 3.8) is 0 Å². The first-order chi connectivity index (χ1) is 14.2. The van der Waals surface area contributed by atoms with E-state index in [0.29, 0.717) is 33.8 Å². The number of nitrogens with one attached hydrogen (secondary N) is 1. The number of aliphatic hydroxyl groups is 1. The number of hydrogen-bond acceptors (Lipinski definition) is 5. The second-order valence-corrected chi connectivity index (χ2v) is 7.66. The average molecular weight is 430 g/mol. The molecule has 1 aliphatic carbocycles. The van der Waals surface area contributed by atoms with Crippen molar-refractivity contribution >= 4 is 34.6 Å².